The molecule has 0 spiro atoms. The summed E-state index contributed by atoms with van der Waals surface area (Å²) in [5.74, 6) is 1.47. The lowest BCUT2D eigenvalue weighted by molar-refractivity contribution is -0.138. The van der Waals surface area contributed by atoms with Gasteiger partial charge in [0.15, 0.2) is 0 Å². The average Bonchev–Trinajstić information content (AvgIpc) is 4.15. The number of methoxy groups -OCH3 is 2. The number of likely N-dealkylation sites (tertiary alicyclic amines) is 2. The van der Waals surface area contributed by atoms with Gasteiger partial charge in [0.2, 0.25) is 11.8 Å². The van der Waals surface area contributed by atoms with Gasteiger partial charge in [0.05, 0.1) is 50.1 Å². The number of aromatic amines is 2. The molecule has 2 aromatic heterocycles. The molecule has 4 aromatic carbocycles. The lowest BCUT2D eigenvalue weighted by Gasteiger charge is -2.36. The van der Waals surface area contributed by atoms with Gasteiger partial charge in [-0.25, -0.2) is 19.6 Å². The summed E-state index contributed by atoms with van der Waals surface area (Å²) >= 11 is 0. The highest BCUT2D eigenvalue weighted by molar-refractivity contribution is 5.94. The topological polar surface area (TPSA) is 175 Å². The van der Waals surface area contributed by atoms with Crippen molar-refractivity contribution in [2.45, 2.75) is 90.5 Å². The number of rotatable bonds is 10. The molecular weight excluding hydrogens is 797 g/mol. The first-order valence-electron chi connectivity index (χ1n) is 21.5. The van der Waals surface area contributed by atoms with E-state index in [1.807, 2.05) is 36.0 Å². The molecular formula is C49H56N8O6. The van der Waals surface area contributed by atoms with Crippen LogP contribution in [0.4, 0.5) is 9.59 Å². The highest BCUT2D eigenvalue weighted by Gasteiger charge is 2.50. The van der Waals surface area contributed by atoms with Crippen LogP contribution < -0.4 is 10.6 Å². The van der Waals surface area contributed by atoms with Crippen LogP contribution in [0.25, 0.3) is 55.2 Å². The number of nitrogens with zero attached hydrogens (tertiary/aromatic N) is 4. The third-order valence-electron chi connectivity index (χ3n) is 13.1. The van der Waals surface area contributed by atoms with Crippen LogP contribution in [-0.2, 0) is 19.1 Å². The van der Waals surface area contributed by atoms with Crippen LogP contribution in [0.1, 0.15) is 84.0 Å². The predicted octanol–water partition coefficient (Wildman–Crippen LogP) is 8.92. The standard InChI is InChI=1S/C48H52N8O6.CH4/c1-26(2)41(54-48(60)62-5)46(58)55-18-6-7-40(55)43-49-24-38(52-43)34-14-12-30-19-28(8-10-32(30)21-34)29-9-11-33-22-35(15-13-31(33)20-29)39-25-50-44(53-39)42-36-16-17-37(23-36)56(42)45(57)27(3)51-47(59)61-4;/h8-15,19-22,24-27,36-37,40-42H,6-7,16-18,23H2,1-5H3,(H,49,52)(H,50,53)(H,51,59)(H,54,60);1H4/t27-,36-,37+,40-,41-,42-;/m0./s1. The third-order valence-corrected chi connectivity index (χ3v) is 13.1. The Morgan fingerprint density at radius 1 is 0.683 bits per heavy atom. The highest BCUT2D eigenvalue weighted by Crippen LogP contribution is 2.50. The number of benzene rings is 4. The Labute approximate surface area is 367 Å². The highest BCUT2D eigenvalue weighted by atomic mass is 16.5. The third kappa shape index (κ3) is 8.21. The summed E-state index contributed by atoms with van der Waals surface area (Å²) in [7, 11) is 2.59. The van der Waals surface area contributed by atoms with Gasteiger partial charge < -0.3 is 39.9 Å². The minimum Gasteiger partial charge on any atom is -0.453 e. The zero-order chi connectivity index (χ0) is 43.2. The van der Waals surface area contributed by atoms with Gasteiger partial charge in [0.25, 0.3) is 0 Å². The van der Waals surface area contributed by atoms with E-state index in [9.17, 15) is 19.2 Å². The van der Waals surface area contributed by atoms with Gasteiger partial charge in [-0.3, -0.25) is 9.59 Å². The first-order chi connectivity index (χ1) is 30.0. The second kappa shape index (κ2) is 17.6. The first-order valence-corrected chi connectivity index (χ1v) is 21.5. The van der Waals surface area contributed by atoms with Crippen LogP contribution >= 0.6 is 0 Å². The maximum absolute atomic E-state index is 13.6. The van der Waals surface area contributed by atoms with E-state index in [2.05, 4.69) is 93.4 Å². The first kappa shape index (κ1) is 43.0. The molecule has 4 N–H and O–H groups in total. The van der Waals surface area contributed by atoms with E-state index in [1.165, 1.54) is 14.2 Å². The van der Waals surface area contributed by atoms with Crippen molar-refractivity contribution < 1.29 is 28.7 Å². The van der Waals surface area contributed by atoms with Crippen molar-refractivity contribution >= 4 is 45.5 Å². The molecule has 328 valence electrons. The Bertz CT molecular complexity index is 2690. The van der Waals surface area contributed by atoms with Crippen molar-refractivity contribution in [3.8, 4) is 33.6 Å². The zero-order valence-corrected chi connectivity index (χ0v) is 35.6. The van der Waals surface area contributed by atoms with Crippen molar-refractivity contribution in [2.24, 2.45) is 11.8 Å². The van der Waals surface area contributed by atoms with E-state index >= 15 is 0 Å². The molecule has 6 atom stereocenters. The largest absolute Gasteiger partial charge is 0.453 e. The zero-order valence-electron chi connectivity index (χ0n) is 35.6. The van der Waals surface area contributed by atoms with E-state index in [1.54, 1.807) is 6.92 Å². The molecule has 0 unspecified atom stereocenters. The molecule has 3 aliphatic rings. The van der Waals surface area contributed by atoms with Gasteiger partial charge >= 0.3 is 12.2 Å². The summed E-state index contributed by atoms with van der Waals surface area (Å²) < 4.78 is 9.50. The molecule has 1 saturated carbocycles. The van der Waals surface area contributed by atoms with Gasteiger partial charge in [-0.15, -0.1) is 0 Å². The van der Waals surface area contributed by atoms with Crippen molar-refractivity contribution in [1.29, 1.82) is 0 Å². The number of imidazole rings is 2. The van der Waals surface area contributed by atoms with Gasteiger partial charge in [0, 0.05) is 23.7 Å². The molecule has 14 heteroatoms. The van der Waals surface area contributed by atoms with Crippen molar-refractivity contribution in [3.05, 3.63) is 96.8 Å². The van der Waals surface area contributed by atoms with E-state index < -0.39 is 24.3 Å². The maximum atomic E-state index is 13.6. The molecule has 4 amide bonds. The molecule has 3 fully saturated rings. The number of hydrogen-bond acceptors (Lipinski definition) is 8. The minimum absolute atomic E-state index is 0. The lowest BCUT2D eigenvalue weighted by atomic mass is 9.96. The Hall–Kier alpha value is -6.70. The predicted molar refractivity (Wildman–Crippen MR) is 242 cm³/mol. The second-order valence-corrected chi connectivity index (χ2v) is 17.2. The molecule has 4 heterocycles. The van der Waals surface area contributed by atoms with Gasteiger partial charge in [-0.1, -0.05) is 69.8 Å². The monoisotopic (exact) mass is 852 g/mol. The van der Waals surface area contributed by atoms with E-state index in [4.69, 9.17) is 19.4 Å². The summed E-state index contributed by atoms with van der Waals surface area (Å²) in [4.78, 5) is 71.3. The van der Waals surface area contributed by atoms with Gasteiger partial charge in [-0.05, 0) is 108 Å². The summed E-state index contributed by atoms with van der Waals surface area (Å²) in [5, 5.41) is 9.79. The summed E-state index contributed by atoms with van der Waals surface area (Å²) in [6.45, 7) is 6.11. The Morgan fingerprint density at radius 3 is 1.78 bits per heavy atom. The number of amides is 4. The van der Waals surface area contributed by atoms with Crippen molar-refractivity contribution in [3.63, 3.8) is 0 Å². The summed E-state index contributed by atoms with van der Waals surface area (Å²) in [5.41, 5.74) is 6.02. The number of carbonyl (C=O) groups excluding carboxylic acids is 4. The molecule has 0 radical (unpaired) electrons. The Kier molecular flexibility index (Phi) is 12.0. The van der Waals surface area contributed by atoms with E-state index in [0.717, 1.165) is 98.9 Å². The number of hydrogen-bond donors (Lipinski definition) is 4. The van der Waals surface area contributed by atoms with Crippen LogP contribution in [0.3, 0.4) is 0 Å². The fourth-order valence-corrected chi connectivity index (χ4v) is 9.84. The fraction of sp³-hybridized carbons (Fsp3) is 0.388. The quantitative estimate of drug-likeness (QED) is 0.106. The second-order valence-electron chi connectivity index (χ2n) is 17.2. The van der Waals surface area contributed by atoms with Crippen molar-refractivity contribution in [1.82, 2.24) is 40.4 Å². The van der Waals surface area contributed by atoms with Crippen LogP contribution in [-0.4, -0.2) is 92.6 Å². The molecule has 2 bridgehead atoms. The normalized spacial score (nSPS) is 20.2. The maximum Gasteiger partial charge on any atom is 0.407 e. The van der Waals surface area contributed by atoms with E-state index in [0.29, 0.717) is 12.5 Å². The van der Waals surface area contributed by atoms with Crippen LogP contribution in [0.15, 0.2) is 85.2 Å². The van der Waals surface area contributed by atoms with Crippen molar-refractivity contribution in [2.75, 3.05) is 20.8 Å². The molecule has 1 aliphatic carbocycles. The number of alkyl carbamates (subject to hydrolysis) is 2. The number of ether oxygens (including phenoxy) is 2. The van der Waals surface area contributed by atoms with Gasteiger partial charge in [0.1, 0.15) is 23.7 Å². The number of aromatic nitrogens is 4. The number of nitrogens with one attached hydrogen (secondary N) is 4. The van der Waals surface area contributed by atoms with Gasteiger partial charge in [-0.2, -0.15) is 0 Å². The molecule has 63 heavy (non-hydrogen) atoms. The molecule has 14 nitrogen and oxygen atoms in total. The van der Waals surface area contributed by atoms with Crippen LogP contribution in [0.5, 0.6) is 0 Å². The average molecular weight is 853 g/mol. The Balaban J connectivity index is 0.00000544. The molecule has 2 aliphatic heterocycles. The molecule has 6 aromatic rings. The summed E-state index contributed by atoms with van der Waals surface area (Å²) in [6.07, 6.45) is 7.01. The lowest BCUT2D eigenvalue weighted by Crippen LogP contribution is -2.51. The number of piperidine rings is 1. The summed E-state index contributed by atoms with van der Waals surface area (Å²) in [6, 6.07) is 24.2. The number of H-pyrrole nitrogens is 2. The molecule has 2 saturated heterocycles. The number of fused-ring (bicyclic) bond motifs is 4. The van der Waals surface area contributed by atoms with Crippen LogP contribution in [0, 0.1) is 11.8 Å². The van der Waals surface area contributed by atoms with Crippen LogP contribution in [0.2, 0.25) is 0 Å². The van der Waals surface area contributed by atoms with E-state index in [-0.39, 0.29) is 43.3 Å². The smallest absolute Gasteiger partial charge is 0.407 e. The number of carbonyl (C=O) groups is 4. The fourth-order valence-electron chi connectivity index (χ4n) is 9.84. The SMILES string of the molecule is C.COC(=O)N[C@@H](C)C(=O)N1[C@@H]2CC[C@@H](C2)[C@H]1c1ncc(-c2ccc3cc(-c4ccc5cc(-c6cnc([C@@H]7CCCN7C(=O)[C@@H](NC(=O)OC)C(C)C)[nH]6)ccc5c4)ccc3c2)[nH]1. The molecule has 9 rings (SSSR count). The minimum atomic E-state index is -0.701. The Morgan fingerprint density at radius 2 is 1.21 bits per heavy atom.